The van der Waals surface area contributed by atoms with E-state index in [2.05, 4.69) is 5.32 Å². The van der Waals surface area contributed by atoms with Crippen molar-refractivity contribution in [3.05, 3.63) is 94.7 Å². The van der Waals surface area contributed by atoms with Crippen molar-refractivity contribution in [3.8, 4) is 11.5 Å². The van der Waals surface area contributed by atoms with Gasteiger partial charge in [-0.2, -0.15) is 0 Å². The van der Waals surface area contributed by atoms with Gasteiger partial charge in [0.25, 0.3) is 11.8 Å². The summed E-state index contributed by atoms with van der Waals surface area (Å²) in [5.41, 5.74) is 4.81. The van der Waals surface area contributed by atoms with E-state index >= 15 is 0 Å². The van der Waals surface area contributed by atoms with Crippen molar-refractivity contribution >= 4 is 23.1 Å². The summed E-state index contributed by atoms with van der Waals surface area (Å²) in [5, 5.41) is 3.24. The van der Waals surface area contributed by atoms with E-state index in [0.29, 0.717) is 22.6 Å². The molecular formula is C27H26N2O4. The lowest BCUT2D eigenvalue weighted by Gasteiger charge is -2.16. The topological polar surface area (TPSA) is 67.9 Å². The highest BCUT2D eigenvalue weighted by Gasteiger charge is 2.40. The summed E-state index contributed by atoms with van der Waals surface area (Å²) >= 11 is 0. The molecule has 3 aromatic rings. The molecule has 2 amide bonds. The smallest absolute Gasteiger partial charge is 0.278 e. The van der Waals surface area contributed by atoms with Gasteiger partial charge in [0.15, 0.2) is 0 Å². The van der Waals surface area contributed by atoms with Gasteiger partial charge in [0, 0.05) is 11.3 Å². The van der Waals surface area contributed by atoms with E-state index in [1.54, 1.807) is 26.4 Å². The third-order valence-corrected chi connectivity index (χ3v) is 5.69. The number of hydrogen-bond donors (Lipinski definition) is 1. The first-order chi connectivity index (χ1) is 15.9. The van der Waals surface area contributed by atoms with E-state index in [0.717, 1.165) is 22.4 Å². The Bertz CT molecular complexity index is 1250. The molecule has 0 fully saturated rings. The van der Waals surface area contributed by atoms with Crippen molar-refractivity contribution in [2.45, 2.75) is 20.4 Å². The number of amides is 2. The number of methoxy groups -OCH3 is 2. The van der Waals surface area contributed by atoms with Crippen molar-refractivity contribution in [3.63, 3.8) is 0 Å². The molecule has 0 bridgehead atoms. The van der Waals surface area contributed by atoms with Crippen LogP contribution in [0.4, 0.5) is 5.69 Å². The van der Waals surface area contributed by atoms with Gasteiger partial charge in [-0.1, -0.05) is 48.0 Å². The maximum Gasteiger partial charge on any atom is 0.278 e. The Hall–Kier alpha value is -4.06. The van der Waals surface area contributed by atoms with Crippen LogP contribution in [0.1, 0.15) is 22.3 Å². The molecule has 0 aromatic heterocycles. The largest absolute Gasteiger partial charge is 0.497 e. The number of nitrogens with one attached hydrogen (secondary N) is 1. The number of ether oxygens (including phenoxy) is 2. The number of benzene rings is 3. The Labute approximate surface area is 193 Å². The van der Waals surface area contributed by atoms with Gasteiger partial charge in [0.1, 0.15) is 17.2 Å². The number of anilines is 1. The zero-order valence-electron chi connectivity index (χ0n) is 19.1. The van der Waals surface area contributed by atoms with Gasteiger partial charge in [-0.05, 0) is 49.2 Å². The number of carbonyl (C=O) groups excluding carboxylic acids is 2. The van der Waals surface area contributed by atoms with Crippen LogP contribution in [0.25, 0.3) is 5.57 Å². The maximum atomic E-state index is 13.6. The van der Waals surface area contributed by atoms with Crippen molar-refractivity contribution < 1.29 is 19.1 Å². The number of para-hydroxylation sites is 1. The Morgan fingerprint density at radius 3 is 2.24 bits per heavy atom. The predicted molar refractivity (Wildman–Crippen MR) is 128 cm³/mol. The molecule has 0 aliphatic carbocycles. The van der Waals surface area contributed by atoms with E-state index in [4.69, 9.17) is 9.47 Å². The molecule has 0 saturated heterocycles. The highest BCUT2D eigenvalue weighted by atomic mass is 16.5. The molecular weight excluding hydrogens is 416 g/mol. The molecule has 33 heavy (non-hydrogen) atoms. The lowest BCUT2D eigenvalue weighted by molar-refractivity contribution is -0.137. The number of carbonyl (C=O) groups is 2. The summed E-state index contributed by atoms with van der Waals surface area (Å²) in [5.74, 6) is 0.493. The fourth-order valence-corrected chi connectivity index (χ4v) is 3.94. The Morgan fingerprint density at radius 2 is 1.58 bits per heavy atom. The van der Waals surface area contributed by atoms with Gasteiger partial charge >= 0.3 is 0 Å². The van der Waals surface area contributed by atoms with Gasteiger partial charge in [0.05, 0.1) is 26.3 Å². The van der Waals surface area contributed by atoms with Crippen LogP contribution in [0.3, 0.4) is 0 Å². The minimum absolute atomic E-state index is 0.151. The van der Waals surface area contributed by atoms with E-state index in [-0.39, 0.29) is 24.1 Å². The van der Waals surface area contributed by atoms with Gasteiger partial charge in [0.2, 0.25) is 0 Å². The zero-order valence-corrected chi connectivity index (χ0v) is 19.1. The van der Waals surface area contributed by atoms with Crippen molar-refractivity contribution in [1.29, 1.82) is 0 Å². The number of nitrogens with zero attached hydrogens (tertiary/aromatic N) is 1. The summed E-state index contributed by atoms with van der Waals surface area (Å²) in [6.45, 7) is 4.13. The average Bonchev–Trinajstić information content (AvgIpc) is 3.05. The van der Waals surface area contributed by atoms with Crippen LogP contribution in [-0.2, 0) is 16.1 Å². The normalized spacial score (nSPS) is 13.5. The fourth-order valence-electron chi connectivity index (χ4n) is 3.94. The second kappa shape index (κ2) is 9.20. The van der Waals surface area contributed by atoms with Crippen molar-refractivity contribution in [2.24, 2.45) is 0 Å². The summed E-state index contributed by atoms with van der Waals surface area (Å²) in [6.07, 6.45) is 0. The highest BCUT2D eigenvalue weighted by molar-refractivity contribution is 6.37. The molecule has 1 heterocycles. The maximum absolute atomic E-state index is 13.6. The van der Waals surface area contributed by atoms with Gasteiger partial charge < -0.3 is 14.8 Å². The van der Waals surface area contributed by atoms with Gasteiger partial charge in [-0.25, -0.2) is 0 Å². The molecule has 3 aromatic carbocycles. The number of aryl methyl sites for hydroxylation is 2. The van der Waals surface area contributed by atoms with E-state index in [1.807, 2.05) is 68.4 Å². The molecule has 0 spiro atoms. The highest BCUT2D eigenvalue weighted by Crippen LogP contribution is 2.36. The number of imide groups is 1. The van der Waals surface area contributed by atoms with Crippen LogP contribution in [0.5, 0.6) is 11.5 Å². The zero-order chi connectivity index (χ0) is 23.5. The lowest BCUT2D eigenvalue weighted by atomic mass is 10.0. The minimum Gasteiger partial charge on any atom is -0.497 e. The third-order valence-electron chi connectivity index (χ3n) is 5.69. The number of hydrogen-bond acceptors (Lipinski definition) is 5. The predicted octanol–water partition coefficient (Wildman–Crippen LogP) is 4.71. The Kier molecular flexibility index (Phi) is 6.18. The number of rotatable bonds is 7. The molecule has 0 saturated carbocycles. The van der Waals surface area contributed by atoms with Crippen LogP contribution in [0.15, 0.2) is 72.4 Å². The molecule has 1 aliphatic heterocycles. The SMILES string of the molecule is COc1ccc(CN2C(=O)C(Nc3ccc(C)cc3C)=C(c3ccccc3OC)C2=O)cc1. The van der Waals surface area contributed by atoms with Crippen LogP contribution < -0.4 is 14.8 Å². The second-order valence-electron chi connectivity index (χ2n) is 7.94. The molecule has 0 unspecified atom stereocenters. The second-order valence-corrected chi connectivity index (χ2v) is 7.94. The first-order valence-corrected chi connectivity index (χ1v) is 10.6. The molecule has 0 radical (unpaired) electrons. The summed E-state index contributed by atoms with van der Waals surface area (Å²) in [4.78, 5) is 28.4. The Morgan fingerprint density at radius 1 is 0.848 bits per heavy atom. The van der Waals surface area contributed by atoms with E-state index in [9.17, 15) is 9.59 Å². The van der Waals surface area contributed by atoms with Crippen molar-refractivity contribution in [1.82, 2.24) is 4.90 Å². The standard InChI is InChI=1S/C27H26N2O4/c1-17-9-14-22(18(2)15-17)28-25-24(21-7-5-6-8-23(21)33-4)26(30)29(27(25)31)16-19-10-12-20(32-3)13-11-19/h5-15,28H,16H2,1-4H3. The molecule has 4 rings (SSSR count). The lowest BCUT2D eigenvalue weighted by Crippen LogP contribution is -2.32. The summed E-state index contributed by atoms with van der Waals surface area (Å²) in [7, 11) is 3.14. The summed E-state index contributed by atoms with van der Waals surface area (Å²) in [6, 6.07) is 20.4. The first kappa shape index (κ1) is 22.1. The molecule has 168 valence electrons. The monoisotopic (exact) mass is 442 g/mol. The molecule has 1 N–H and O–H groups in total. The third kappa shape index (κ3) is 4.32. The average molecular weight is 443 g/mol. The quantitative estimate of drug-likeness (QED) is 0.537. The van der Waals surface area contributed by atoms with Crippen LogP contribution >= 0.6 is 0 Å². The van der Waals surface area contributed by atoms with Crippen LogP contribution in [-0.4, -0.2) is 30.9 Å². The van der Waals surface area contributed by atoms with Crippen LogP contribution in [0, 0.1) is 13.8 Å². The first-order valence-electron chi connectivity index (χ1n) is 10.6. The van der Waals surface area contributed by atoms with Gasteiger partial charge in [-0.15, -0.1) is 0 Å². The van der Waals surface area contributed by atoms with Crippen molar-refractivity contribution in [2.75, 3.05) is 19.5 Å². The van der Waals surface area contributed by atoms with Gasteiger partial charge in [-0.3, -0.25) is 14.5 Å². The van der Waals surface area contributed by atoms with E-state index in [1.165, 1.54) is 4.90 Å². The molecule has 6 heteroatoms. The minimum atomic E-state index is -0.378. The Balaban J connectivity index is 1.77. The fraction of sp³-hybridized carbons (Fsp3) is 0.185. The van der Waals surface area contributed by atoms with E-state index < -0.39 is 0 Å². The molecule has 0 atom stereocenters. The molecule has 1 aliphatic rings. The molecule has 6 nitrogen and oxygen atoms in total. The summed E-state index contributed by atoms with van der Waals surface area (Å²) < 4.78 is 10.7. The van der Waals surface area contributed by atoms with Crippen LogP contribution in [0.2, 0.25) is 0 Å².